The van der Waals surface area contributed by atoms with Crippen molar-refractivity contribution in [2.75, 3.05) is 0 Å². The molecule has 0 saturated carbocycles. The minimum absolute atomic E-state index is 0.0806. The number of fused-ring (bicyclic) bond motifs is 1. The molecule has 0 bridgehead atoms. The lowest BCUT2D eigenvalue weighted by atomic mass is 9.97. The molecule has 35 heavy (non-hydrogen) atoms. The van der Waals surface area contributed by atoms with Crippen molar-refractivity contribution >= 4 is 10.9 Å². The van der Waals surface area contributed by atoms with E-state index < -0.39 is 0 Å². The molecule has 0 aliphatic carbocycles. The lowest BCUT2D eigenvalue weighted by molar-refractivity contribution is 0.109. The molecule has 0 amide bonds. The van der Waals surface area contributed by atoms with Crippen LogP contribution in [0.5, 0.6) is 0 Å². The molecule has 1 aromatic carbocycles. The first kappa shape index (κ1) is 24.9. The van der Waals surface area contributed by atoms with E-state index in [1.165, 1.54) is 0 Å². The highest BCUT2D eigenvalue weighted by molar-refractivity contribution is 5.83. The van der Waals surface area contributed by atoms with Crippen molar-refractivity contribution in [1.82, 2.24) is 30.1 Å². The topological polar surface area (TPSA) is 92.8 Å². The third kappa shape index (κ3) is 5.07. The fourth-order valence-electron chi connectivity index (χ4n) is 4.75. The zero-order valence-corrected chi connectivity index (χ0v) is 21.8. The van der Waals surface area contributed by atoms with Crippen LogP contribution in [0.15, 0.2) is 45.8 Å². The zero-order chi connectivity index (χ0) is 25.3. The summed E-state index contributed by atoms with van der Waals surface area (Å²) in [5.74, 6) is 1.81. The van der Waals surface area contributed by atoms with E-state index in [1.54, 1.807) is 6.26 Å². The highest BCUT2D eigenvalue weighted by Gasteiger charge is 2.34. The van der Waals surface area contributed by atoms with Crippen LogP contribution in [-0.2, 0) is 18.6 Å². The Kier molecular flexibility index (Phi) is 6.94. The molecule has 3 aromatic heterocycles. The normalized spacial score (nSPS) is 13.3. The molecule has 4 aromatic rings. The summed E-state index contributed by atoms with van der Waals surface area (Å²) in [4.78, 5) is 18.5. The van der Waals surface area contributed by atoms with Crippen molar-refractivity contribution in [3.8, 4) is 0 Å². The number of hydrogen-bond acceptors (Lipinski definition) is 6. The SMILES string of the molecule is CCC(C)(C)n1nnnc1[C@@H](C(C)C)N(Cc1ccco1)Cc1cc2c(C)cc(C)cc2[nH]c1=O. The van der Waals surface area contributed by atoms with Crippen LogP contribution in [-0.4, -0.2) is 30.1 Å². The van der Waals surface area contributed by atoms with Crippen LogP contribution in [0, 0.1) is 19.8 Å². The smallest absolute Gasteiger partial charge is 0.252 e. The minimum Gasteiger partial charge on any atom is -0.468 e. The Balaban J connectivity index is 1.81. The van der Waals surface area contributed by atoms with Gasteiger partial charge in [-0.1, -0.05) is 26.8 Å². The van der Waals surface area contributed by atoms with Crippen molar-refractivity contribution in [1.29, 1.82) is 0 Å². The fraction of sp³-hybridized carbons (Fsp3) is 0.481. The van der Waals surface area contributed by atoms with Gasteiger partial charge in [0.25, 0.3) is 5.56 Å². The molecule has 0 saturated heterocycles. The van der Waals surface area contributed by atoms with E-state index in [1.807, 2.05) is 35.9 Å². The van der Waals surface area contributed by atoms with E-state index >= 15 is 0 Å². The van der Waals surface area contributed by atoms with E-state index in [0.717, 1.165) is 40.0 Å². The molecule has 0 radical (unpaired) electrons. The highest BCUT2D eigenvalue weighted by Crippen LogP contribution is 2.33. The third-order valence-corrected chi connectivity index (χ3v) is 6.92. The monoisotopic (exact) mass is 476 g/mol. The van der Waals surface area contributed by atoms with E-state index in [2.05, 4.69) is 73.0 Å². The van der Waals surface area contributed by atoms with Gasteiger partial charge < -0.3 is 9.40 Å². The Morgan fingerprint density at radius 3 is 2.60 bits per heavy atom. The molecule has 8 nitrogen and oxygen atoms in total. The average Bonchev–Trinajstić information content (AvgIpc) is 3.47. The molecule has 4 rings (SSSR count). The van der Waals surface area contributed by atoms with Gasteiger partial charge in [0.15, 0.2) is 5.82 Å². The van der Waals surface area contributed by atoms with Crippen LogP contribution in [0.4, 0.5) is 0 Å². The number of pyridine rings is 1. The Labute approximate surface area is 206 Å². The first-order valence-corrected chi connectivity index (χ1v) is 12.3. The number of furan rings is 1. The van der Waals surface area contributed by atoms with Gasteiger partial charge in [0.1, 0.15) is 5.76 Å². The molecule has 3 heterocycles. The summed E-state index contributed by atoms with van der Waals surface area (Å²) in [5.41, 5.74) is 3.52. The maximum absolute atomic E-state index is 13.2. The molecule has 0 spiro atoms. The summed E-state index contributed by atoms with van der Waals surface area (Å²) in [6, 6.07) is 9.90. The van der Waals surface area contributed by atoms with Gasteiger partial charge in [0.05, 0.1) is 24.4 Å². The van der Waals surface area contributed by atoms with Crippen molar-refractivity contribution in [3.05, 3.63) is 75.2 Å². The van der Waals surface area contributed by atoms with E-state index in [-0.39, 0.29) is 23.1 Å². The molecule has 0 unspecified atom stereocenters. The van der Waals surface area contributed by atoms with Crippen molar-refractivity contribution in [3.63, 3.8) is 0 Å². The van der Waals surface area contributed by atoms with Crippen LogP contribution < -0.4 is 5.56 Å². The summed E-state index contributed by atoms with van der Waals surface area (Å²) < 4.78 is 7.65. The highest BCUT2D eigenvalue weighted by atomic mass is 16.3. The van der Waals surface area contributed by atoms with Crippen LogP contribution >= 0.6 is 0 Å². The van der Waals surface area contributed by atoms with Crippen molar-refractivity contribution in [2.24, 2.45) is 5.92 Å². The van der Waals surface area contributed by atoms with Gasteiger partial charge in [-0.2, -0.15) is 0 Å². The fourth-order valence-corrected chi connectivity index (χ4v) is 4.75. The zero-order valence-electron chi connectivity index (χ0n) is 21.8. The van der Waals surface area contributed by atoms with Crippen LogP contribution in [0.1, 0.15) is 75.4 Å². The number of aromatic amines is 1. The largest absolute Gasteiger partial charge is 0.468 e. The van der Waals surface area contributed by atoms with E-state index in [9.17, 15) is 4.79 Å². The maximum atomic E-state index is 13.2. The summed E-state index contributed by atoms with van der Waals surface area (Å²) in [6.45, 7) is 15.8. The van der Waals surface area contributed by atoms with Gasteiger partial charge in [-0.3, -0.25) is 9.69 Å². The molecule has 0 fully saturated rings. The Morgan fingerprint density at radius 2 is 1.94 bits per heavy atom. The Morgan fingerprint density at radius 1 is 1.17 bits per heavy atom. The molecular formula is C27H36N6O2. The summed E-state index contributed by atoms with van der Waals surface area (Å²) in [6.07, 6.45) is 2.56. The Bertz CT molecular complexity index is 1350. The van der Waals surface area contributed by atoms with Gasteiger partial charge in [-0.25, -0.2) is 4.68 Å². The summed E-state index contributed by atoms with van der Waals surface area (Å²) in [5, 5.41) is 14.0. The second-order valence-electron chi connectivity index (χ2n) is 10.5. The van der Waals surface area contributed by atoms with Gasteiger partial charge in [0, 0.05) is 23.0 Å². The maximum Gasteiger partial charge on any atom is 0.252 e. The number of aromatic nitrogens is 5. The number of nitrogens with zero attached hydrogens (tertiary/aromatic N) is 5. The number of rotatable bonds is 9. The third-order valence-electron chi connectivity index (χ3n) is 6.92. The molecule has 0 aliphatic heterocycles. The number of tetrazole rings is 1. The molecular weight excluding hydrogens is 440 g/mol. The first-order chi connectivity index (χ1) is 16.6. The summed E-state index contributed by atoms with van der Waals surface area (Å²) >= 11 is 0. The predicted octanol–water partition coefficient (Wildman–Crippen LogP) is 5.27. The van der Waals surface area contributed by atoms with Gasteiger partial charge in [-0.05, 0) is 85.9 Å². The van der Waals surface area contributed by atoms with Gasteiger partial charge in [0.2, 0.25) is 0 Å². The number of H-pyrrole nitrogens is 1. The van der Waals surface area contributed by atoms with E-state index in [4.69, 9.17) is 4.42 Å². The summed E-state index contributed by atoms with van der Waals surface area (Å²) in [7, 11) is 0. The average molecular weight is 477 g/mol. The van der Waals surface area contributed by atoms with Crippen LogP contribution in [0.25, 0.3) is 10.9 Å². The predicted molar refractivity (Wildman–Crippen MR) is 137 cm³/mol. The Hall–Kier alpha value is -3.26. The number of hydrogen-bond donors (Lipinski definition) is 1. The second kappa shape index (κ2) is 9.77. The molecule has 1 atom stereocenters. The quantitative estimate of drug-likeness (QED) is 0.354. The van der Waals surface area contributed by atoms with Crippen molar-refractivity contribution < 1.29 is 4.42 Å². The van der Waals surface area contributed by atoms with Crippen molar-refractivity contribution in [2.45, 2.75) is 79.6 Å². The number of benzene rings is 1. The second-order valence-corrected chi connectivity index (χ2v) is 10.5. The molecule has 1 N–H and O–H groups in total. The molecule has 8 heteroatoms. The standard InChI is InChI=1S/C27H36N6O2/c1-8-27(6,7)33-25(29-30-31-33)24(17(2)3)32(16-21-10-9-11-35-21)15-20-14-22-19(5)12-18(4)13-23(22)28-26(20)34/h9-14,17,24H,8,15-16H2,1-7H3,(H,28,34)/t24-/m1/s1. The first-order valence-electron chi connectivity index (χ1n) is 12.3. The lowest BCUT2D eigenvalue weighted by Crippen LogP contribution is -2.38. The molecule has 186 valence electrons. The number of aryl methyl sites for hydroxylation is 2. The van der Waals surface area contributed by atoms with Gasteiger partial charge >= 0.3 is 0 Å². The van der Waals surface area contributed by atoms with Gasteiger partial charge in [-0.15, -0.1) is 5.10 Å². The van der Waals surface area contributed by atoms with Crippen LogP contribution in [0.2, 0.25) is 0 Å². The minimum atomic E-state index is -0.238. The van der Waals surface area contributed by atoms with Crippen LogP contribution in [0.3, 0.4) is 0 Å². The molecule has 0 aliphatic rings. The van der Waals surface area contributed by atoms with E-state index in [0.29, 0.717) is 18.7 Å². The number of nitrogens with one attached hydrogen (secondary N) is 1. The lowest BCUT2D eigenvalue weighted by Gasteiger charge is -2.35.